The summed E-state index contributed by atoms with van der Waals surface area (Å²) in [5.41, 5.74) is 0.856. The second kappa shape index (κ2) is 4.14. The zero-order valence-corrected chi connectivity index (χ0v) is 11.9. The van der Waals surface area contributed by atoms with Gasteiger partial charge in [0.05, 0.1) is 15.7 Å². The molecule has 66 valence electrons. The molecule has 12 heavy (non-hydrogen) atoms. The second-order valence-corrected chi connectivity index (χ2v) is 9.60. The lowest BCUT2D eigenvalue weighted by Gasteiger charge is -2.14. The number of alkyl halides is 2. The first kappa shape index (κ1) is 11.3. The molecule has 1 rings (SSSR count). The molecule has 0 radical (unpaired) electrons. The van der Waals surface area contributed by atoms with Crippen LogP contribution in [0.2, 0.25) is 10.0 Å². The van der Waals surface area contributed by atoms with Crippen molar-refractivity contribution >= 4 is 68.4 Å². The van der Waals surface area contributed by atoms with Crippen molar-refractivity contribution in [2.75, 3.05) is 0 Å². The molecule has 0 saturated carbocycles. The molecule has 0 aromatic carbocycles. The van der Waals surface area contributed by atoms with Crippen molar-refractivity contribution in [3.05, 3.63) is 28.0 Å². The maximum atomic E-state index is 5.96. The summed E-state index contributed by atoms with van der Waals surface area (Å²) in [6, 6.07) is 1.71. The van der Waals surface area contributed by atoms with Crippen LogP contribution in [0.1, 0.15) is 12.6 Å². The number of pyridine rings is 1. The lowest BCUT2D eigenvalue weighted by atomic mass is 10.3. The number of nitrogens with zero attached hydrogens (tertiary/aromatic N) is 1. The quantitative estimate of drug-likeness (QED) is 0.477. The Morgan fingerprint density at radius 3 is 2.42 bits per heavy atom. The van der Waals surface area contributed by atoms with Crippen molar-refractivity contribution in [1.82, 2.24) is 4.98 Å². The van der Waals surface area contributed by atoms with Crippen LogP contribution in [-0.4, -0.2) is 4.98 Å². The molecule has 5 heteroatoms. The highest BCUT2D eigenvalue weighted by molar-refractivity contribution is 14.2. The van der Waals surface area contributed by atoms with Crippen LogP contribution in [0.3, 0.4) is 0 Å². The maximum Gasteiger partial charge on any atom is 0.114 e. The Labute approximate surface area is 109 Å². The molecule has 1 aromatic rings. The van der Waals surface area contributed by atoms with Crippen LogP contribution in [0.15, 0.2) is 12.3 Å². The van der Waals surface area contributed by atoms with Gasteiger partial charge in [0.25, 0.3) is 0 Å². The molecule has 0 aliphatic heterocycles. The fourth-order valence-electron chi connectivity index (χ4n) is 0.738. The van der Waals surface area contributed by atoms with E-state index in [1.54, 1.807) is 12.3 Å². The Hall–Kier alpha value is 1.19. The van der Waals surface area contributed by atoms with Crippen LogP contribution < -0.4 is 0 Å². The molecule has 0 saturated heterocycles. The molecule has 1 nitrogen and oxygen atoms in total. The van der Waals surface area contributed by atoms with Crippen molar-refractivity contribution in [3.8, 4) is 0 Å². The van der Waals surface area contributed by atoms with Gasteiger partial charge in [-0.3, -0.25) is 4.98 Å². The smallest absolute Gasteiger partial charge is 0.114 e. The lowest BCUT2D eigenvalue weighted by molar-refractivity contribution is 1.01. The Kier molecular flexibility index (Phi) is 3.89. The summed E-state index contributed by atoms with van der Waals surface area (Å²) in [5.74, 6) is 0. The van der Waals surface area contributed by atoms with Crippen LogP contribution in [0.25, 0.3) is 0 Å². The largest absolute Gasteiger partial charge is 0.256 e. The van der Waals surface area contributed by atoms with Crippen molar-refractivity contribution in [2.45, 2.75) is 8.35 Å². The summed E-state index contributed by atoms with van der Waals surface area (Å²) in [4.78, 5) is 4.17. The molecule has 1 aromatic heterocycles. The van der Waals surface area contributed by atoms with E-state index in [4.69, 9.17) is 23.2 Å². The van der Waals surface area contributed by atoms with E-state index >= 15 is 0 Å². The van der Waals surface area contributed by atoms with Gasteiger partial charge in [-0.05, 0) is 13.0 Å². The Morgan fingerprint density at radius 2 is 2.00 bits per heavy atom. The van der Waals surface area contributed by atoms with E-state index in [9.17, 15) is 0 Å². The molecule has 0 atom stereocenters. The number of hydrogen-bond acceptors (Lipinski definition) is 1. The van der Waals surface area contributed by atoms with E-state index < -0.39 is 0 Å². The highest BCUT2D eigenvalue weighted by Crippen LogP contribution is 2.41. The molecule has 0 amide bonds. The van der Waals surface area contributed by atoms with Gasteiger partial charge in [-0.25, -0.2) is 0 Å². The zero-order valence-electron chi connectivity index (χ0n) is 6.11. The van der Waals surface area contributed by atoms with Crippen molar-refractivity contribution in [1.29, 1.82) is 0 Å². The highest BCUT2D eigenvalue weighted by Gasteiger charge is 2.22. The minimum Gasteiger partial charge on any atom is -0.256 e. The highest BCUT2D eigenvalue weighted by atomic mass is 127. The fraction of sp³-hybridized carbons (Fsp3) is 0.286. The monoisotopic (exact) mass is 427 g/mol. The molecule has 0 fully saturated rings. The van der Waals surface area contributed by atoms with E-state index in [0.717, 1.165) is 5.69 Å². The van der Waals surface area contributed by atoms with Crippen molar-refractivity contribution < 1.29 is 0 Å². The van der Waals surface area contributed by atoms with Crippen LogP contribution >= 0.6 is 68.4 Å². The van der Waals surface area contributed by atoms with Gasteiger partial charge in [0, 0.05) is 6.20 Å². The van der Waals surface area contributed by atoms with Gasteiger partial charge >= 0.3 is 0 Å². The van der Waals surface area contributed by atoms with E-state index in [-0.39, 0.29) is 1.43 Å². The third kappa shape index (κ3) is 2.85. The summed E-state index contributed by atoms with van der Waals surface area (Å²) in [6.07, 6.45) is 1.61. The first-order chi connectivity index (χ1) is 5.41. The Bertz CT molecular complexity index is 296. The summed E-state index contributed by atoms with van der Waals surface area (Å²) < 4.78 is -0.0861. The topological polar surface area (TPSA) is 12.9 Å². The lowest BCUT2D eigenvalue weighted by Crippen LogP contribution is -2.05. The van der Waals surface area contributed by atoms with E-state index in [1.165, 1.54) is 0 Å². The number of halogens is 4. The molecule has 0 bridgehead atoms. The van der Waals surface area contributed by atoms with E-state index in [0.29, 0.717) is 10.0 Å². The predicted molar refractivity (Wildman–Crippen MR) is 69.6 cm³/mol. The fourth-order valence-corrected chi connectivity index (χ4v) is 2.49. The summed E-state index contributed by atoms with van der Waals surface area (Å²) in [6.45, 7) is 2.04. The number of rotatable bonds is 1. The summed E-state index contributed by atoms with van der Waals surface area (Å²) in [7, 11) is 0. The average Bonchev–Trinajstić information content (AvgIpc) is 1.83. The minimum absolute atomic E-state index is 0.0861. The van der Waals surface area contributed by atoms with Gasteiger partial charge in [-0.1, -0.05) is 68.4 Å². The Morgan fingerprint density at radius 1 is 1.42 bits per heavy atom. The van der Waals surface area contributed by atoms with Gasteiger partial charge in [-0.15, -0.1) is 0 Å². The van der Waals surface area contributed by atoms with E-state index in [2.05, 4.69) is 50.2 Å². The minimum atomic E-state index is -0.0861. The summed E-state index contributed by atoms with van der Waals surface area (Å²) in [5, 5.41) is 1.19. The number of hydrogen-bond donors (Lipinski definition) is 0. The van der Waals surface area contributed by atoms with Gasteiger partial charge in [0.1, 0.15) is 1.43 Å². The summed E-state index contributed by atoms with van der Waals surface area (Å²) >= 11 is 16.2. The normalized spacial score (nSPS) is 11.8. The third-order valence-corrected chi connectivity index (χ3v) is 2.74. The molecule has 0 aliphatic carbocycles. The SMILES string of the molecule is CC(I)(I)c1ncc(Cl)cc1Cl. The first-order valence-electron chi connectivity index (χ1n) is 3.10. The predicted octanol–water partition coefficient (Wildman–Crippen LogP) is 4.43. The molecule has 0 unspecified atom stereocenters. The van der Waals surface area contributed by atoms with Crippen LogP contribution in [-0.2, 0) is 1.43 Å². The molecule has 0 spiro atoms. The first-order valence-corrected chi connectivity index (χ1v) is 6.02. The molecular weight excluding hydrogens is 423 g/mol. The molecular formula is C7H5Cl2I2N. The zero-order chi connectivity index (χ0) is 9.35. The van der Waals surface area contributed by atoms with Crippen LogP contribution in [0, 0.1) is 0 Å². The van der Waals surface area contributed by atoms with Gasteiger partial charge < -0.3 is 0 Å². The van der Waals surface area contributed by atoms with Gasteiger partial charge in [-0.2, -0.15) is 0 Å². The third-order valence-electron chi connectivity index (χ3n) is 1.22. The second-order valence-electron chi connectivity index (χ2n) is 2.37. The Balaban J connectivity index is 3.19. The molecule has 1 heterocycles. The van der Waals surface area contributed by atoms with Gasteiger partial charge in [0.2, 0.25) is 0 Å². The molecule has 0 N–H and O–H groups in total. The van der Waals surface area contributed by atoms with Crippen LogP contribution in [0.4, 0.5) is 0 Å². The number of aromatic nitrogens is 1. The maximum absolute atomic E-state index is 5.96. The van der Waals surface area contributed by atoms with Gasteiger partial charge in [0.15, 0.2) is 0 Å². The van der Waals surface area contributed by atoms with Crippen molar-refractivity contribution in [3.63, 3.8) is 0 Å². The van der Waals surface area contributed by atoms with Crippen LogP contribution in [0.5, 0.6) is 0 Å². The van der Waals surface area contributed by atoms with Crippen molar-refractivity contribution in [2.24, 2.45) is 0 Å². The molecule has 0 aliphatic rings. The average molecular weight is 428 g/mol. The van der Waals surface area contributed by atoms with E-state index in [1.807, 2.05) is 6.92 Å². The standard InChI is InChI=1S/C7H5Cl2I2N/c1-7(10,11)6-5(9)2-4(8)3-12-6/h2-3H,1H3.